The molecule has 0 fully saturated rings. The Labute approximate surface area is 204 Å². The molecule has 0 saturated carbocycles. The second-order valence-corrected chi connectivity index (χ2v) is 8.15. The van der Waals surface area contributed by atoms with Gasteiger partial charge in [0.25, 0.3) is 11.8 Å². The Balaban J connectivity index is 1.49. The van der Waals surface area contributed by atoms with Gasteiger partial charge in [0.2, 0.25) is 0 Å². The van der Waals surface area contributed by atoms with Crippen molar-refractivity contribution in [1.82, 2.24) is 5.32 Å². The van der Waals surface area contributed by atoms with Gasteiger partial charge in [-0.1, -0.05) is 72.3 Å². The maximum atomic E-state index is 12.8. The van der Waals surface area contributed by atoms with E-state index in [1.807, 2.05) is 56.3 Å². The Morgan fingerprint density at radius 3 is 2.20 bits per heavy atom. The summed E-state index contributed by atoms with van der Waals surface area (Å²) in [7, 11) is 0. The van der Waals surface area contributed by atoms with Crippen molar-refractivity contribution in [3.05, 3.63) is 101 Å². The number of ether oxygens (including phenoxy) is 1. The minimum atomic E-state index is -0.650. The molecule has 7 heteroatoms. The van der Waals surface area contributed by atoms with Crippen LogP contribution in [-0.4, -0.2) is 30.2 Å². The zero-order valence-corrected chi connectivity index (χ0v) is 19.7. The van der Waals surface area contributed by atoms with Gasteiger partial charge in [-0.05, 0) is 31.5 Å². The third kappa shape index (κ3) is 7.64. The highest BCUT2D eigenvalue weighted by Gasteiger charge is 2.17. The molecule has 3 rings (SSSR count). The Morgan fingerprint density at radius 2 is 1.49 bits per heavy atom. The number of hydrogen-bond acceptors (Lipinski definition) is 5. The third-order valence-corrected chi connectivity index (χ3v) is 5.39. The van der Waals surface area contributed by atoms with E-state index in [1.54, 1.807) is 36.4 Å². The summed E-state index contributed by atoms with van der Waals surface area (Å²) in [5.41, 5.74) is 3.11. The van der Waals surface area contributed by atoms with Gasteiger partial charge in [0.1, 0.15) is 0 Å². The molecule has 0 aliphatic heterocycles. The Bertz CT molecular complexity index is 1190. The van der Waals surface area contributed by atoms with Crippen LogP contribution in [0.25, 0.3) is 0 Å². The summed E-state index contributed by atoms with van der Waals surface area (Å²) in [6, 6.07) is 23.0. The second-order valence-electron chi connectivity index (χ2n) is 8.15. The smallest absolute Gasteiger partial charge is 0.306 e. The average molecular weight is 473 g/mol. The molecule has 0 aromatic heterocycles. The summed E-state index contributed by atoms with van der Waals surface area (Å²) in [6.07, 6.45) is -0.136. The predicted octanol–water partition coefficient (Wildman–Crippen LogP) is 4.63. The van der Waals surface area contributed by atoms with E-state index in [0.717, 1.165) is 11.1 Å². The first-order valence-corrected chi connectivity index (χ1v) is 11.3. The fraction of sp³-hybridized carbons (Fsp3) is 0.214. The molecular formula is C28H28N2O5. The zero-order chi connectivity index (χ0) is 25.2. The number of Topliss-reactive ketones (excluding diaryl/α,β-unsaturated/α-hetero) is 1. The zero-order valence-electron chi connectivity index (χ0n) is 19.7. The lowest BCUT2D eigenvalue weighted by Crippen LogP contribution is -2.28. The molecule has 2 amide bonds. The van der Waals surface area contributed by atoms with Gasteiger partial charge in [0.05, 0.1) is 23.7 Å². The number of aryl methyl sites for hydroxylation is 1. The van der Waals surface area contributed by atoms with Crippen LogP contribution < -0.4 is 10.6 Å². The number of carbonyl (C=O) groups is 4. The summed E-state index contributed by atoms with van der Waals surface area (Å²) in [5.74, 6) is -1.75. The van der Waals surface area contributed by atoms with Crippen molar-refractivity contribution in [2.45, 2.75) is 32.7 Å². The molecule has 7 nitrogen and oxygen atoms in total. The average Bonchev–Trinajstić information content (AvgIpc) is 2.87. The lowest BCUT2D eigenvalue weighted by molar-refractivity contribution is -0.147. The number of anilines is 1. The van der Waals surface area contributed by atoms with Crippen molar-refractivity contribution >= 4 is 29.3 Å². The number of nitrogens with one attached hydrogen (secondary N) is 2. The standard InChI is InChI=1S/C28H28N2O5/c1-19-12-14-22(15-13-19)25(31)16-17-27(33)35-18-26(32)30-24-11-7-6-10-23(24)28(34)29-20(2)21-8-4-3-5-9-21/h3-15,20H,16-18H2,1-2H3,(H,29,34)(H,30,32). The summed E-state index contributed by atoms with van der Waals surface area (Å²) in [4.78, 5) is 49.3. The maximum absolute atomic E-state index is 12.8. The van der Waals surface area contributed by atoms with Crippen LogP contribution in [-0.2, 0) is 14.3 Å². The van der Waals surface area contributed by atoms with Gasteiger partial charge in [-0.15, -0.1) is 0 Å². The van der Waals surface area contributed by atoms with Crippen LogP contribution in [0.5, 0.6) is 0 Å². The van der Waals surface area contributed by atoms with Gasteiger partial charge in [-0.2, -0.15) is 0 Å². The first kappa shape index (κ1) is 25.4. The van der Waals surface area contributed by atoms with Gasteiger partial charge in [-0.3, -0.25) is 19.2 Å². The number of hydrogen-bond donors (Lipinski definition) is 2. The Kier molecular flexibility index (Phi) is 8.89. The second kappa shape index (κ2) is 12.3. The SMILES string of the molecule is Cc1ccc(C(=O)CCC(=O)OCC(=O)Nc2ccccc2C(=O)NC(C)c2ccccc2)cc1. The monoisotopic (exact) mass is 472 g/mol. The van der Waals surface area contributed by atoms with Crippen LogP contribution in [0.3, 0.4) is 0 Å². The molecule has 1 unspecified atom stereocenters. The van der Waals surface area contributed by atoms with Crippen LogP contribution >= 0.6 is 0 Å². The number of rotatable bonds is 10. The van der Waals surface area contributed by atoms with E-state index >= 15 is 0 Å². The van der Waals surface area contributed by atoms with Gasteiger partial charge in [-0.25, -0.2) is 0 Å². The van der Waals surface area contributed by atoms with Crippen LogP contribution in [0.15, 0.2) is 78.9 Å². The minimum absolute atomic E-state index is 0.00782. The molecule has 3 aromatic carbocycles. The minimum Gasteiger partial charge on any atom is -0.456 e. The van der Waals surface area contributed by atoms with Crippen molar-refractivity contribution in [3.63, 3.8) is 0 Å². The van der Waals surface area contributed by atoms with Crippen LogP contribution in [0.1, 0.15) is 57.7 Å². The van der Waals surface area contributed by atoms with Crippen LogP contribution in [0.2, 0.25) is 0 Å². The molecule has 0 saturated heterocycles. The summed E-state index contributed by atoms with van der Waals surface area (Å²) in [5, 5.41) is 5.52. The molecule has 0 heterocycles. The summed E-state index contributed by atoms with van der Waals surface area (Å²) in [6.45, 7) is 3.28. The number of carbonyl (C=O) groups excluding carboxylic acids is 4. The molecule has 0 spiro atoms. The Hall–Kier alpha value is -4.26. The predicted molar refractivity (Wildman–Crippen MR) is 133 cm³/mol. The molecule has 0 aliphatic carbocycles. The first-order valence-electron chi connectivity index (χ1n) is 11.3. The van der Waals surface area contributed by atoms with E-state index in [9.17, 15) is 19.2 Å². The fourth-order valence-electron chi connectivity index (χ4n) is 3.39. The highest BCUT2D eigenvalue weighted by atomic mass is 16.5. The van der Waals surface area contributed by atoms with E-state index in [4.69, 9.17) is 4.74 Å². The van der Waals surface area contributed by atoms with Crippen molar-refractivity contribution < 1.29 is 23.9 Å². The van der Waals surface area contributed by atoms with E-state index < -0.39 is 18.5 Å². The van der Waals surface area contributed by atoms with E-state index in [0.29, 0.717) is 16.8 Å². The lowest BCUT2D eigenvalue weighted by atomic mass is 10.1. The largest absolute Gasteiger partial charge is 0.456 e. The summed E-state index contributed by atoms with van der Waals surface area (Å²) < 4.78 is 5.00. The van der Waals surface area contributed by atoms with Gasteiger partial charge >= 0.3 is 5.97 Å². The van der Waals surface area contributed by atoms with Gasteiger partial charge < -0.3 is 15.4 Å². The number of esters is 1. The molecule has 35 heavy (non-hydrogen) atoms. The normalized spacial score (nSPS) is 11.3. The molecule has 180 valence electrons. The fourth-order valence-corrected chi connectivity index (χ4v) is 3.39. The van der Waals surface area contributed by atoms with Gasteiger partial charge in [0.15, 0.2) is 12.4 Å². The van der Waals surface area contributed by atoms with Gasteiger partial charge in [0, 0.05) is 12.0 Å². The third-order valence-electron chi connectivity index (χ3n) is 5.39. The molecule has 0 aliphatic rings. The van der Waals surface area contributed by atoms with Crippen LogP contribution in [0, 0.1) is 6.92 Å². The lowest BCUT2D eigenvalue weighted by Gasteiger charge is -2.16. The van der Waals surface area contributed by atoms with Crippen molar-refractivity contribution in [2.24, 2.45) is 0 Å². The van der Waals surface area contributed by atoms with Crippen LogP contribution in [0.4, 0.5) is 5.69 Å². The maximum Gasteiger partial charge on any atom is 0.306 e. The summed E-state index contributed by atoms with van der Waals surface area (Å²) >= 11 is 0. The van der Waals surface area contributed by atoms with E-state index in [1.165, 1.54) is 0 Å². The van der Waals surface area contributed by atoms with Crippen molar-refractivity contribution in [1.29, 1.82) is 0 Å². The quantitative estimate of drug-likeness (QED) is 0.331. The highest BCUT2D eigenvalue weighted by molar-refractivity contribution is 6.04. The number of para-hydroxylation sites is 1. The Morgan fingerprint density at radius 1 is 0.829 bits per heavy atom. The van der Waals surface area contributed by atoms with Crippen molar-refractivity contribution in [2.75, 3.05) is 11.9 Å². The molecule has 0 radical (unpaired) electrons. The van der Waals surface area contributed by atoms with E-state index in [-0.39, 0.29) is 30.6 Å². The molecular weight excluding hydrogens is 444 g/mol. The first-order chi connectivity index (χ1) is 16.8. The molecule has 0 bridgehead atoms. The topological polar surface area (TPSA) is 102 Å². The number of benzene rings is 3. The molecule has 3 aromatic rings. The van der Waals surface area contributed by atoms with Crippen molar-refractivity contribution in [3.8, 4) is 0 Å². The molecule has 2 N–H and O–H groups in total. The number of amides is 2. The highest BCUT2D eigenvalue weighted by Crippen LogP contribution is 2.18. The van der Waals surface area contributed by atoms with E-state index in [2.05, 4.69) is 10.6 Å². The number of ketones is 1. The molecule has 1 atom stereocenters.